The zero-order valence-electron chi connectivity index (χ0n) is 8.62. The molecular weight excluding hydrogens is 182 g/mol. The predicted octanol–water partition coefficient (Wildman–Crippen LogP) is 2.00. The number of hydrogen-bond donors (Lipinski definition) is 0. The molecule has 2 fully saturated rings. The molecule has 2 bridgehead atoms. The van der Waals surface area contributed by atoms with Crippen LogP contribution >= 0.6 is 0 Å². The number of methoxy groups -OCH3 is 1. The first-order chi connectivity index (χ1) is 6.63. The minimum atomic E-state index is -0.562. The molecule has 0 atom stereocenters. The third-order valence-electron chi connectivity index (χ3n) is 4.17. The number of ether oxygens (including phenoxy) is 1. The van der Waals surface area contributed by atoms with Crippen molar-refractivity contribution >= 4 is 0 Å². The summed E-state index contributed by atoms with van der Waals surface area (Å²) in [7, 11) is 1.70. The van der Waals surface area contributed by atoms with Crippen molar-refractivity contribution in [1.29, 1.82) is 0 Å². The molecule has 2 aliphatic rings. The van der Waals surface area contributed by atoms with E-state index in [-0.39, 0.29) is 10.3 Å². The van der Waals surface area contributed by atoms with E-state index in [0.717, 1.165) is 45.1 Å². The van der Waals surface area contributed by atoms with Crippen molar-refractivity contribution < 1.29 is 9.66 Å². The summed E-state index contributed by atoms with van der Waals surface area (Å²) in [6.45, 7) is 0.744. The molecule has 0 N–H and O–H groups in total. The highest BCUT2D eigenvalue weighted by molar-refractivity contribution is 5.05. The van der Waals surface area contributed by atoms with E-state index >= 15 is 0 Å². The Kier molecular flexibility index (Phi) is 2.26. The number of rotatable bonds is 4. The predicted molar refractivity (Wildman–Crippen MR) is 51.7 cm³/mol. The Balaban J connectivity index is 2.04. The van der Waals surface area contributed by atoms with Gasteiger partial charge in [-0.05, 0) is 24.7 Å². The van der Waals surface area contributed by atoms with Crippen LogP contribution in [0.25, 0.3) is 0 Å². The van der Waals surface area contributed by atoms with E-state index in [1.54, 1.807) is 7.11 Å². The molecule has 2 saturated carbocycles. The standard InChI is InChI=1S/C10H17NO3/c1-14-7-6-9-2-4-10(8-9,5-3-9)11(12)13/h2-8H2,1H3. The normalized spacial score (nSPS) is 40.4. The molecule has 14 heavy (non-hydrogen) atoms. The van der Waals surface area contributed by atoms with Gasteiger partial charge in [-0.15, -0.1) is 0 Å². The number of hydrogen-bond acceptors (Lipinski definition) is 3. The summed E-state index contributed by atoms with van der Waals surface area (Å²) in [5.41, 5.74) is -0.323. The van der Waals surface area contributed by atoms with Crippen LogP contribution in [0, 0.1) is 15.5 Å². The fourth-order valence-electron chi connectivity index (χ4n) is 3.20. The maximum absolute atomic E-state index is 11.0. The maximum atomic E-state index is 11.0. The van der Waals surface area contributed by atoms with E-state index in [1.165, 1.54) is 0 Å². The van der Waals surface area contributed by atoms with Crippen LogP contribution in [0.5, 0.6) is 0 Å². The maximum Gasteiger partial charge on any atom is 0.222 e. The Hall–Kier alpha value is -0.640. The Morgan fingerprint density at radius 1 is 1.36 bits per heavy atom. The average molecular weight is 199 g/mol. The zero-order valence-corrected chi connectivity index (χ0v) is 8.62. The zero-order chi connectivity index (χ0) is 10.2. The summed E-state index contributed by atoms with van der Waals surface area (Å²) >= 11 is 0. The number of fused-ring (bicyclic) bond motifs is 2. The molecule has 2 aliphatic carbocycles. The van der Waals surface area contributed by atoms with E-state index in [4.69, 9.17) is 4.74 Å². The van der Waals surface area contributed by atoms with Gasteiger partial charge in [0, 0.05) is 37.9 Å². The molecule has 80 valence electrons. The molecule has 0 unspecified atom stereocenters. The SMILES string of the molecule is COCCC12CCC([N+](=O)[O-])(CC1)C2. The van der Waals surface area contributed by atoms with Crippen molar-refractivity contribution in [1.82, 2.24) is 0 Å². The molecule has 0 aliphatic heterocycles. The van der Waals surface area contributed by atoms with Gasteiger partial charge in [0.2, 0.25) is 5.54 Å². The summed E-state index contributed by atoms with van der Waals surface area (Å²) in [5, 5.41) is 11.0. The van der Waals surface area contributed by atoms with Gasteiger partial charge < -0.3 is 4.74 Å². The topological polar surface area (TPSA) is 52.4 Å². The van der Waals surface area contributed by atoms with E-state index < -0.39 is 5.54 Å². The summed E-state index contributed by atoms with van der Waals surface area (Å²) < 4.78 is 5.07. The molecule has 4 heteroatoms. The second-order valence-corrected chi connectivity index (χ2v) is 4.90. The molecule has 2 rings (SSSR count). The largest absolute Gasteiger partial charge is 0.385 e. The second-order valence-electron chi connectivity index (χ2n) is 4.90. The Labute approximate surface area is 83.8 Å². The van der Waals surface area contributed by atoms with Crippen LogP contribution in [0.2, 0.25) is 0 Å². The van der Waals surface area contributed by atoms with Crippen LogP contribution in [0.15, 0.2) is 0 Å². The molecule has 0 aromatic heterocycles. The highest BCUT2D eigenvalue weighted by Gasteiger charge is 2.61. The molecule has 0 heterocycles. The Bertz CT molecular complexity index is 244. The van der Waals surface area contributed by atoms with Crippen LogP contribution in [0.3, 0.4) is 0 Å². The van der Waals surface area contributed by atoms with Gasteiger partial charge in [0.15, 0.2) is 0 Å². The van der Waals surface area contributed by atoms with Gasteiger partial charge in [-0.1, -0.05) is 0 Å². The molecule has 0 radical (unpaired) electrons. The molecule has 0 aromatic carbocycles. The van der Waals surface area contributed by atoms with Crippen molar-refractivity contribution in [2.45, 2.75) is 44.1 Å². The van der Waals surface area contributed by atoms with Crippen LogP contribution in [-0.2, 0) is 4.74 Å². The van der Waals surface area contributed by atoms with Crippen LogP contribution in [0.1, 0.15) is 38.5 Å². The van der Waals surface area contributed by atoms with Gasteiger partial charge in [-0.2, -0.15) is 0 Å². The Morgan fingerprint density at radius 3 is 2.43 bits per heavy atom. The molecule has 0 saturated heterocycles. The van der Waals surface area contributed by atoms with Crippen molar-refractivity contribution in [2.24, 2.45) is 5.41 Å². The lowest BCUT2D eigenvalue weighted by molar-refractivity contribution is -0.567. The van der Waals surface area contributed by atoms with Crippen molar-refractivity contribution in [3.8, 4) is 0 Å². The Morgan fingerprint density at radius 2 is 2.00 bits per heavy atom. The first kappa shape index (κ1) is 9.90. The minimum absolute atomic E-state index is 0.0332. The van der Waals surface area contributed by atoms with Crippen molar-refractivity contribution in [3.05, 3.63) is 10.1 Å². The van der Waals surface area contributed by atoms with Gasteiger partial charge in [0.1, 0.15) is 0 Å². The number of nitro groups is 1. The van der Waals surface area contributed by atoms with Crippen LogP contribution in [0.4, 0.5) is 0 Å². The van der Waals surface area contributed by atoms with E-state index in [0.29, 0.717) is 0 Å². The molecule has 4 nitrogen and oxygen atoms in total. The van der Waals surface area contributed by atoms with E-state index in [9.17, 15) is 10.1 Å². The van der Waals surface area contributed by atoms with Crippen molar-refractivity contribution in [3.63, 3.8) is 0 Å². The number of nitrogens with zero attached hydrogens (tertiary/aromatic N) is 1. The summed E-state index contributed by atoms with van der Waals surface area (Å²) in [4.78, 5) is 10.9. The molecule has 0 aromatic rings. The lowest BCUT2D eigenvalue weighted by atomic mass is 9.81. The molecular formula is C10H17NO3. The monoisotopic (exact) mass is 199 g/mol. The third-order valence-corrected chi connectivity index (χ3v) is 4.17. The minimum Gasteiger partial charge on any atom is -0.385 e. The highest BCUT2D eigenvalue weighted by atomic mass is 16.6. The first-order valence-corrected chi connectivity index (χ1v) is 5.26. The average Bonchev–Trinajstić information content (AvgIpc) is 2.72. The van der Waals surface area contributed by atoms with Crippen molar-refractivity contribution in [2.75, 3.05) is 13.7 Å². The van der Waals surface area contributed by atoms with E-state index in [1.807, 2.05) is 0 Å². The second kappa shape index (κ2) is 3.19. The first-order valence-electron chi connectivity index (χ1n) is 5.26. The summed E-state index contributed by atoms with van der Waals surface area (Å²) in [6.07, 6.45) is 5.40. The fourth-order valence-corrected chi connectivity index (χ4v) is 3.20. The van der Waals surface area contributed by atoms with Crippen LogP contribution in [-0.4, -0.2) is 24.2 Å². The molecule has 0 amide bonds. The van der Waals surface area contributed by atoms with Gasteiger partial charge in [0.05, 0.1) is 0 Å². The lowest BCUT2D eigenvalue weighted by Gasteiger charge is -2.24. The fraction of sp³-hybridized carbons (Fsp3) is 1.00. The van der Waals surface area contributed by atoms with Gasteiger partial charge in [-0.3, -0.25) is 10.1 Å². The quantitative estimate of drug-likeness (QED) is 0.514. The van der Waals surface area contributed by atoms with Gasteiger partial charge in [0.25, 0.3) is 0 Å². The summed E-state index contributed by atoms with van der Waals surface area (Å²) in [6, 6.07) is 0. The van der Waals surface area contributed by atoms with Gasteiger partial charge >= 0.3 is 0 Å². The van der Waals surface area contributed by atoms with E-state index in [2.05, 4.69) is 0 Å². The smallest absolute Gasteiger partial charge is 0.222 e. The third kappa shape index (κ3) is 1.32. The summed E-state index contributed by atoms with van der Waals surface area (Å²) in [5.74, 6) is 0. The van der Waals surface area contributed by atoms with Crippen LogP contribution < -0.4 is 0 Å². The lowest BCUT2D eigenvalue weighted by Crippen LogP contribution is -2.32. The highest BCUT2D eigenvalue weighted by Crippen LogP contribution is 2.59. The van der Waals surface area contributed by atoms with Gasteiger partial charge in [-0.25, -0.2) is 0 Å². The molecule has 0 spiro atoms.